The van der Waals surface area contributed by atoms with Gasteiger partial charge in [0.1, 0.15) is 17.2 Å². The van der Waals surface area contributed by atoms with Crippen LogP contribution in [0.1, 0.15) is 24.8 Å². The summed E-state index contributed by atoms with van der Waals surface area (Å²) in [6.45, 7) is 2.90. The Bertz CT molecular complexity index is 1080. The Labute approximate surface area is 192 Å². The number of hydrogen-bond donors (Lipinski definition) is 0. The molecule has 1 amide bonds. The Morgan fingerprint density at radius 2 is 1.88 bits per heavy atom. The van der Waals surface area contributed by atoms with Crippen molar-refractivity contribution in [2.24, 2.45) is 0 Å². The summed E-state index contributed by atoms with van der Waals surface area (Å²) in [6.07, 6.45) is 0.258. The fourth-order valence-corrected chi connectivity index (χ4v) is 5.17. The summed E-state index contributed by atoms with van der Waals surface area (Å²) in [4.78, 5) is 16.9. The first kappa shape index (κ1) is 21.9. The van der Waals surface area contributed by atoms with Gasteiger partial charge in [0.15, 0.2) is 0 Å². The molecule has 2 aliphatic heterocycles. The summed E-state index contributed by atoms with van der Waals surface area (Å²) < 4.78 is 16.3. The second kappa shape index (κ2) is 9.45. The van der Waals surface area contributed by atoms with E-state index in [9.17, 15) is 10.1 Å². The SMILES string of the molecule is CCOc1ccc(C2CC(=O)N3CN(c4ccc(OC)cc4OC)CSC3=C2C#N)cc1. The fraction of sp³-hybridized carbons (Fsp3) is 0.333. The van der Waals surface area contributed by atoms with Crippen molar-refractivity contribution in [3.63, 3.8) is 0 Å². The van der Waals surface area contributed by atoms with Crippen LogP contribution < -0.4 is 19.1 Å². The normalized spacial score (nSPS) is 18.2. The highest BCUT2D eigenvalue weighted by Gasteiger charge is 2.38. The first-order valence-electron chi connectivity index (χ1n) is 10.4. The molecule has 1 unspecified atom stereocenters. The minimum absolute atomic E-state index is 0.00237. The topological polar surface area (TPSA) is 75.0 Å². The summed E-state index contributed by atoms with van der Waals surface area (Å²) in [5.41, 5.74) is 2.46. The van der Waals surface area contributed by atoms with Gasteiger partial charge >= 0.3 is 0 Å². The van der Waals surface area contributed by atoms with E-state index in [4.69, 9.17) is 14.2 Å². The first-order valence-corrected chi connectivity index (χ1v) is 11.3. The van der Waals surface area contributed by atoms with Crippen LogP contribution in [0.4, 0.5) is 5.69 Å². The van der Waals surface area contributed by atoms with Crippen LogP contribution >= 0.6 is 11.8 Å². The predicted molar refractivity (Wildman–Crippen MR) is 124 cm³/mol. The summed E-state index contributed by atoms with van der Waals surface area (Å²) in [5, 5.41) is 10.7. The van der Waals surface area contributed by atoms with Gasteiger partial charge in [-0.2, -0.15) is 5.26 Å². The third-order valence-corrected chi connectivity index (χ3v) is 6.77. The highest BCUT2D eigenvalue weighted by molar-refractivity contribution is 8.03. The molecular formula is C24H25N3O4S. The van der Waals surface area contributed by atoms with E-state index in [0.717, 1.165) is 22.0 Å². The van der Waals surface area contributed by atoms with Crippen LogP contribution in [0.3, 0.4) is 0 Å². The number of methoxy groups -OCH3 is 2. The first-order chi connectivity index (χ1) is 15.6. The van der Waals surface area contributed by atoms with Crippen molar-refractivity contribution in [3.05, 3.63) is 58.6 Å². The molecule has 0 aromatic heterocycles. The molecule has 0 saturated carbocycles. The number of carbonyl (C=O) groups is 1. The van der Waals surface area contributed by atoms with E-state index in [1.807, 2.05) is 49.4 Å². The Hall–Kier alpha value is -3.31. The highest BCUT2D eigenvalue weighted by Crippen LogP contribution is 2.44. The van der Waals surface area contributed by atoms with Crippen molar-refractivity contribution in [2.75, 3.05) is 38.3 Å². The van der Waals surface area contributed by atoms with Crippen molar-refractivity contribution in [1.29, 1.82) is 5.26 Å². The Morgan fingerprint density at radius 3 is 2.53 bits per heavy atom. The summed E-state index contributed by atoms with van der Waals surface area (Å²) in [5.74, 6) is 2.52. The maximum absolute atomic E-state index is 13.1. The molecular weight excluding hydrogens is 426 g/mol. The number of amides is 1. The average Bonchev–Trinajstić information content (AvgIpc) is 2.84. The second-order valence-electron chi connectivity index (χ2n) is 7.40. The second-order valence-corrected chi connectivity index (χ2v) is 8.34. The molecule has 32 heavy (non-hydrogen) atoms. The number of nitrogens with zero attached hydrogens (tertiary/aromatic N) is 3. The van der Waals surface area contributed by atoms with Gasteiger partial charge in [-0.3, -0.25) is 9.69 Å². The van der Waals surface area contributed by atoms with Crippen LogP contribution in [-0.4, -0.2) is 44.2 Å². The van der Waals surface area contributed by atoms with Crippen LogP contribution in [0.15, 0.2) is 53.1 Å². The summed E-state index contributed by atoms with van der Waals surface area (Å²) in [6, 6.07) is 15.7. The lowest BCUT2D eigenvalue weighted by atomic mass is 9.86. The molecule has 8 heteroatoms. The standard InChI is InChI=1S/C24H25N3O4S/c1-4-31-17-7-5-16(6-8-17)19-12-23(28)27-14-26(15-32-24(27)20(19)13-25)21-10-9-18(29-2)11-22(21)30-3/h5-11,19H,4,12,14-15H2,1-3H3. The number of thioether (sulfide) groups is 1. The van der Waals surface area contributed by atoms with Gasteiger partial charge in [-0.25, -0.2) is 0 Å². The Balaban J connectivity index is 1.62. The minimum Gasteiger partial charge on any atom is -0.497 e. The fourth-order valence-electron chi connectivity index (χ4n) is 4.01. The number of nitriles is 1. The third-order valence-electron chi connectivity index (χ3n) is 5.61. The van der Waals surface area contributed by atoms with E-state index in [0.29, 0.717) is 36.2 Å². The summed E-state index contributed by atoms with van der Waals surface area (Å²) >= 11 is 1.50. The maximum atomic E-state index is 13.1. The smallest absolute Gasteiger partial charge is 0.229 e. The molecule has 2 aliphatic rings. The molecule has 2 heterocycles. The zero-order chi connectivity index (χ0) is 22.7. The number of ether oxygens (including phenoxy) is 3. The number of allylic oxidation sites excluding steroid dienone is 1. The van der Waals surface area contributed by atoms with E-state index >= 15 is 0 Å². The average molecular weight is 452 g/mol. The number of rotatable bonds is 6. The lowest BCUT2D eigenvalue weighted by molar-refractivity contribution is -0.129. The van der Waals surface area contributed by atoms with Crippen LogP contribution in [0.25, 0.3) is 0 Å². The molecule has 0 spiro atoms. The predicted octanol–water partition coefficient (Wildman–Crippen LogP) is 4.32. The van der Waals surface area contributed by atoms with Crippen molar-refractivity contribution in [3.8, 4) is 23.3 Å². The van der Waals surface area contributed by atoms with Gasteiger partial charge < -0.3 is 19.1 Å². The van der Waals surface area contributed by atoms with Crippen LogP contribution in [0, 0.1) is 11.3 Å². The molecule has 0 N–H and O–H groups in total. The zero-order valence-electron chi connectivity index (χ0n) is 18.3. The van der Waals surface area contributed by atoms with E-state index in [1.54, 1.807) is 19.1 Å². The number of carbonyl (C=O) groups excluding carboxylic acids is 1. The zero-order valence-corrected chi connectivity index (χ0v) is 19.1. The Morgan fingerprint density at radius 1 is 1.12 bits per heavy atom. The van der Waals surface area contributed by atoms with Crippen molar-refractivity contribution >= 4 is 23.4 Å². The number of hydrogen-bond acceptors (Lipinski definition) is 7. The van der Waals surface area contributed by atoms with E-state index < -0.39 is 0 Å². The van der Waals surface area contributed by atoms with Gasteiger partial charge in [-0.1, -0.05) is 23.9 Å². The minimum atomic E-state index is -0.246. The largest absolute Gasteiger partial charge is 0.497 e. The molecule has 4 rings (SSSR count). The summed E-state index contributed by atoms with van der Waals surface area (Å²) in [7, 11) is 3.22. The molecule has 0 bridgehead atoms. The number of anilines is 1. The molecule has 166 valence electrons. The number of fused-ring (bicyclic) bond motifs is 1. The maximum Gasteiger partial charge on any atom is 0.229 e. The molecule has 1 atom stereocenters. The quantitative estimate of drug-likeness (QED) is 0.647. The van der Waals surface area contributed by atoms with Crippen molar-refractivity contribution in [2.45, 2.75) is 19.3 Å². The van der Waals surface area contributed by atoms with Crippen molar-refractivity contribution < 1.29 is 19.0 Å². The van der Waals surface area contributed by atoms with Crippen molar-refractivity contribution in [1.82, 2.24) is 4.90 Å². The van der Waals surface area contributed by atoms with Gasteiger partial charge in [-0.05, 0) is 36.8 Å². The molecule has 1 saturated heterocycles. The van der Waals surface area contributed by atoms with Gasteiger partial charge in [-0.15, -0.1) is 0 Å². The molecule has 7 nitrogen and oxygen atoms in total. The molecule has 2 aromatic rings. The van der Waals surface area contributed by atoms with Gasteiger partial charge in [0.2, 0.25) is 5.91 Å². The third kappa shape index (κ3) is 4.08. The Kier molecular flexibility index (Phi) is 6.47. The molecule has 0 radical (unpaired) electrons. The number of benzene rings is 2. The molecule has 2 aromatic carbocycles. The molecule has 1 fully saturated rings. The highest BCUT2D eigenvalue weighted by atomic mass is 32.2. The van der Waals surface area contributed by atoms with Crippen LogP contribution in [0.5, 0.6) is 17.2 Å². The van der Waals surface area contributed by atoms with Gasteiger partial charge in [0.25, 0.3) is 0 Å². The van der Waals surface area contributed by atoms with Gasteiger partial charge in [0, 0.05) is 18.4 Å². The van der Waals surface area contributed by atoms with Gasteiger partial charge in [0.05, 0.1) is 55.7 Å². The molecule has 0 aliphatic carbocycles. The van der Waals surface area contributed by atoms with Crippen LogP contribution in [-0.2, 0) is 4.79 Å². The van der Waals surface area contributed by atoms with E-state index in [1.165, 1.54) is 11.8 Å². The lowest BCUT2D eigenvalue weighted by Crippen LogP contribution is -2.47. The monoisotopic (exact) mass is 451 g/mol. The lowest BCUT2D eigenvalue weighted by Gasteiger charge is -2.42. The van der Waals surface area contributed by atoms with Crippen LogP contribution in [0.2, 0.25) is 0 Å². The van der Waals surface area contributed by atoms with E-state index in [-0.39, 0.29) is 18.2 Å². The van der Waals surface area contributed by atoms with E-state index in [2.05, 4.69) is 11.0 Å².